The molecule has 1 aliphatic heterocycles. The first-order valence-electron chi connectivity index (χ1n) is 9.31. The Labute approximate surface area is 174 Å². The second-order valence-corrected chi connectivity index (χ2v) is 8.69. The highest BCUT2D eigenvalue weighted by molar-refractivity contribution is 8.00. The van der Waals surface area contributed by atoms with E-state index in [0.29, 0.717) is 23.7 Å². The van der Waals surface area contributed by atoms with E-state index >= 15 is 0 Å². The van der Waals surface area contributed by atoms with Crippen molar-refractivity contribution in [1.29, 1.82) is 0 Å². The summed E-state index contributed by atoms with van der Waals surface area (Å²) in [6, 6.07) is 10.7. The third kappa shape index (κ3) is 4.86. The maximum atomic E-state index is 13.1. The summed E-state index contributed by atoms with van der Waals surface area (Å²) in [5, 5.41) is 3.33. The first-order chi connectivity index (χ1) is 13.5. The molecule has 1 aliphatic rings. The van der Waals surface area contributed by atoms with E-state index in [4.69, 9.17) is 11.6 Å². The Balaban J connectivity index is 1.83. The van der Waals surface area contributed by atoms with Gasteiger partial charge >= 0.3 is 0 Å². The quantitative estimate of drug-likeness (QED) is 0.738. The number of halogens is 1. The van der Waals surface area contributed by atoms with E-state index in [2.05, 4.69) is 24.1 Å². The Kier molecular flexibility index (Phi) is 6.97. The number of nitrogens with zero attached hydrogens (tertiary/aromatic N) is 2. The molecule has 1 N–H and O–H groups in total. The minimum absolute atomic E-state index is 0.0305. The van der Waals surface area contributed by atoms with Crippen LogP contribution >= 0.6 is 23.4 Å². The number of carbonyl (C=O) groups excluding carboxylic acids is 2. The van der Waals surface area contributed by atoms with Gasteiger partial charge in [0.15, 0.2) is 0 Å². The lowest BCUT2D eigenvalue weighted by Crippen LogP contribution is -2.49. The van der Waals surface area contributed by atoms with Crippen LogP contribution in [0.1, 0.15) is 36.8 Å². The maximum Gasteiger partial charge on any atom is 0.243 e. The van der Waals surface area contributed by atoms with E-state index in [1.165, 1.54) is 11.8 Å². The molecule has 2 amide bonds. The van der Waals surface area contributed by atoms with Gasteiger partial charge < -0.3 is 10.2 Å². The summed E-state index contributed by atoms with van der Waals surface area (Å²) in [6.07, 6.45) is 4.01. The van der Waals surface area contributed by atoms with Crippen LogP contribution in [-0.4, -0.2) is 33.5 Å². The number of aromatic nitrogens is 1. The third-order valence-corrected chi connectivity index (χ3v) is 6.15. The fraction of sp³-hybridized carbons (Fsp3) is 0.381. The third-order valence-electron chi connectivity index (χ3n) is 4.60. The lowest BCUT2D eigenvalue weighted by Gasteiger charge is -2.33. The van der Waals surface area contributed by atoms with Crippen LogP contribution in [0.25, 0.3) is 0 Å². The molecule has 2 heterocycles. The molecule has 2 aromatic rings. The van der Waals surface area contributed by atoms with Crippen molar-refractivity contribution in [2.45, 2.75) is 38.2 Å². The molecule has 3 rings (SSSR count). The Morgan fingerprint density at radius 2 is 2.11 bits per heavy atom. The zero-order valence-corrected chi connectivity index (χ0v) is 17.5. The molecule has 1 aromatic heterocycles. The summed E-state index contributed by atoms with van der Waals surface area (Å²) in [5.74, 6) is 0.433. The number of thioether (sulfide) groups is 1. The van der Waals surface area contributed by atoms with Gasteiger partial charge in [-0.25, -0.2) is 0 Å². The largest absolute Gasteiger partial charge is 0.350 e. The van der Waals surface area contributed by atoms with Crippen molar-refractivity contribution in [2.24, 2.45) is 5.92 Å². The van der Waals surface area contributed by atoms with Crippen LogP contribution in [0.4, 0.5) is 0 Å². The van der Waals surface area contributed by atoms with Crippen LogP contribution in [0.5, 0.6) is 0 Å². The number of hydrogen-bond donors (Lipinski definition) is 1. The van der Waals surface area contributed by atoms with Gasteiger partial charge in [-0.2, -0.15) is 0 Å². The Morgan fingerprint density at radius 1 is 1.32 bits per heavy atom. The van der Waals surface area contributed by atoms with Crippen molar-refractivity contribution in [3.63, 3.8) is 0 Å². The highest BCUT2D eigenvalue weighted by Crippen LogP contribution is 2.43. The molecule has 1 aromatic carbocycles. The van der Waals surface area contributed by atoms with Gasteiger partial charge in [-0.1, -0.05) is 49.7 Å². The van der Waals surface area contributed by atoms with Gasteiger partial charge in [-0.05, 0) is 30.0 Å². The average Bonchev–Trinajstić information content (AvgIpc) is 3.06. The lowest BCUT2D eigenvalue weighted by molar-refractivity contribution is -0.139. The first kappa shape index (κ1) is 20.7. The molecule has 7 heteroatoms. The lowest BCUT2D eigenvalue weighted by atomic mass is 10.0. The molecule has 5 nitrogen and oxygen atoms in total. The van der Waals surface area contributed by atoms with Crippen molar-refractivity contribution < 1.29 is 9.59 Å². The van der Waals surface area contributed by atoms with Gasteiger partial charge in [0.2, 0.25) is 11.8 Å². The number of carbonyl (C=O) groups is 2. The van der Waals surface area contributed by atoms with Crippen molar-refractivity contribution in [3.05, 3.63) is 64.9 Å². The molecule has 1 saturated heterocycles. The molecular weight excluding hydrogens is 394 g/mol. The molecule has 0 aliphatic carbocycles. The van der Waals surface area contributed by atoms with Gasteiger partial charge in [0.25, 0.3) is 0 Å². The van der Waals surface area contributed by atoms with Crippen molar-refractivity contribution >= 4 is 35.2 Å². The Bertz CT molecular complexity index is 831. The van der Waals surface area contributed by atoms with Crippen LogP contribution in [0.2, 0.25) is 5.02 Å². The molecule has 0 spiro atoms. The van der Waals surface area contributed by atoms with Gasteiger partial charge in [0, 0.05) is 29.5 Å². The molecular formula is C21H24ClN3O2S. The van der Waals surface area contributed by atoms with E-state index in [1.807, 2.05) is 36.4 Å². The van der Waals surface area contributed by atoms with Crippen LogP contribution in [0, 0.1) is 5.92 Å². The van der Waals surface area contributed by atoms with Crippen LogP contribution < -0.4 is 5.32 Å². The summed E-state index contributed by atoms with van der Waals surface area (Å²) in [6.45, 7) is 4.49. The van der Waals surface area contributed by atoms with Gasteiger partial charge in [-0.3, -0.25) is 14.6 Å². The summed E-state index contributed by atoms with van der Waals surface area (Å²) in [7, 11) is 0. The van der Waals surface area contributed by atoms with E-state index in [9.17, 15) is 9.59 Å². The highest BCUT2D eigenvalue weighted by atomic mass is 35.5. The molecule has 0 radical (unpaired) electrons. The summed E-state index contributed by atoms with van der Waals surface area (Å²) in [5.41, 5.74) is 1.79. The number of rotatable bonds is 7. The topological polar surface area (TPSA) is 62.3 Å². The second-order valence-electron chi connectivity index (χ2n) is 7.21. The smallest absolute Gasteiger partial charge is 0.243 e. The van der Waals surface area contributed by atoms with E-state index in [0.717, 1.165) is 11.1 Å². The normalized spacial score (nSPS) is 17.8. The standard InChI is InChI=1S/C21H24ClN3O2S/c1-14(2)10-18(20(27)24-12-15-6-5-9-23-11-15)25-19(26)13-28-21(25)16-7-3-4-8-17(16)22/h3-9,11,14,18,21H,10,12-13H2,1-2H3,(H,24,27). The van der Waals surface area contributed by atoms with Crippen molar-refractivity contribution in [2.75, 3.05) is 5.75 Å². The highest BCUT2D eigenvalue weighted by Gasteiger charge is 2.41. The molecule has 148 valence electrons. The number of nitrogens with one attached hydrogen (secondary N) is 1. The first-order valence-corrected chi connectivity index (χ1v) is 10.7. The maximum absolute atomic E-state index is 13.1. The Morgan fingerprint density at radius 3 is 2.79 bits per heavy atom. The Hall–Kier alpha value is -2.05. The fourth-order valence-electron chi connectivity index (χ4n) is 3.29. The van der Waals surface area contributed by atoms with E-state index < -0.39 is 6.04 Å². The van der Waals surface area contributed by atoms with Gasteiger partial charge in [0.05, 0.1) is 5.75 Å². The molecule has 2 unspecified atom stereocenters. The van der Waals surface area contributed by atoms with E-state index in [-0.39, 0.29) is 23.1 Å². The average molecular weight is 418 g/mol. The zero-order chi connectivity index (χ0) is 20.1. The summed E-state index contributed by atoms with van der Waals surface area (Å²) in [4.78, 5) is 31.6. The van der Waals surface area contributed by atoms with Crippen molar-refractivity contribution in [1.82, 2.24) is 15.2 Å². The van der Waals surface area contributed by atoms with Crippen LogP contribution in [0.3, 0.4) is 0 Å². The predicted octanol–water partition coefficient (Wildman–Crippen LogP) is 4.04. The number of benzene rings is 1. The zero-order valence-electron chi connectivity index (χ0n) is 16.0. The minimum atomic E-state index is -0.541. The molecule has 2 atom stereocenters. The van der Waals surface area contributed by atoms with Crippen LogP contribution in [0.15, 0.2) is 48.8 Å². The molecule has 1 fully saturated rings. The minimum Gasteiger partial charge on any atom is -0.350 e. The summed E-state index contributed by atoms with van der Waals surface area (Å²) < 4.78 is 0. The number of amides is 2. The molecule has 0 bridgehead atoms. The van der Waals surface area contributed by atoms with E-state index in [1.54, 1.807) is 17.3 Å². The van der Waals surface area contributed by atoms with Crippen LogP contribution in [-0.2, 0) is 16.1 Å². The second kappa shape index (κ2) is 9.43. The predicted molar refractivity (Wildman–Crippen MR) is 113 cm³/mol. The number of hydrogen-bond acceptors (Lipinski definition) is 4. The monoisotopic (exact) mass is 417 g/mol. The van der Waals surface area contributed by atoms with Gasteiger partial charge in [-0.15, -0.1) is 11.8 Å². The molecule has 28 heavy (non-hydrogen) atoms. The van der Waals surface area contributed by atoms with Crippen molar-refractivity contribution in [3.8, 4) is 0 Å². The summed E-state index contributed by atoms with van der Waals surface area (Å²) >= 11 is 7.90. The van der Waals surface area contributed by atoms with Gasteiger partial charge in [0.1, 0.15) is 11.4 Å². The molecule has 0 saturated carbocycles. The SMILES string of the molecule is CC(C)CC(C(=O)NCc1cccnc1)N1C(=O)CSC1c1ccccc1Cl. The number of pyridine rings is 1. The fourth-order valence-corrected chi connectivity index (χ4v) is 4.85.